The zero-order valence-electron chi connectivity index (χ0n) is 14.1. The molecule has 2 aromatic carbocycles. The van der Waals surface area contributed by atoms with Crippen molar-refractivity contribution in [2.24, 2.45) is 0 Å². The molecule has 0 unspecified atom stereocenters. The quantitative estimate of drug-likeness (QED) is 0.604. The van der Waals surface area contributed by atoms with Crippen LogP contribution in [-0.4, -0.2) is 25.0 Å². The summed E-state index contributed by atoms with van der Waals surface area (Å²) in [4.78, 5) is 11.3. The minimum atomic E-state index is -4.57. The summed E-state index contributed by atoms with van der Waals surface area (Å²) < 4.78 is 49.6. The van der Waals surface area contributed by atoms with Crippen molar-refractivity contribution < 1.29 is 32.5 Å². The highest BCUT2D eigenvalue weighted by atomic mass is 19.4. The van der Waals surface area contributed by atoms with Crippen molar-refractivity contribution in [3.05, 3.63) is 70.8 Å². The molecule has 0 aliphatic carbocycles. The van der Waals surface area contributed by atoms with Crippen LogP contribution in [0.1, 0.15) is 22.3 Å². The number of hydrogen-bond acceptors (Lipinski definition) is 3. The molecule has 2 rings (SSSR count). The van der Waals surface area contributed by atoms with Gasteiger partial charge in [0, 0.05) is 18.7 Å². The molecule has 0 radical (unpaired) electrons. The highest BCUT2D eigenvalue weighted by Crippen LogP contribution is 2.37. The average Bonchev–Trinajstić information content (AvgIpc) is 2.57. The lowest BCUT2D eigenvalue weighted by Gasteiger charge is -2.17. The number of aryl methyl sites for hydroxylation is 1. The molecule has 0 saturated heterocycles. The van der Waals surface area contributed by atoms with E-state index in [9.17, 15) is 23.1 Å². The van der Waals surface area contributed by atoms with E-state index in [-0.39, 0.29) is 23.7 Å². The molecule has 4 nitrogen and oxygen atoms in total. The predicted molar refractivity (Wildman–Crippen MR) is 89.8 cm³/mol. The van der Waals surface area contributed by atoms with Crippen molar-refractivity contribution >= 4 is 11.5 Å². The molecule has 7 heteroatoms. The molecule has 26 heavy (non-hydrogen) atoms. The Morgan fingerprint density at radius 1 is 1.19 bits per heavy atom. The van der Waals surface area contributed by atoms with E-state index in [1.807, 2.05) is 0 Å². The van der Waals surface area contributed by atoms with E-state index in [2.05, 4.69) is 0 Å². The molecular formula is C19H17F3O4. The van der Waals surface area contributed by atoms with Crippen LogP contribution in [0.2, 0.25) is 0 Å². The topological polar surface area (TPSA) is 55.8 Å². The van der Waals surface area contributed by atoms with Crippen molar-refractivity contribution in [2.45, 2.75) is 13.1 Å². The van der Waals surface area contributed by atoms with Gasteiger partial charge in [0.15, 0.2) is 6.79 Å². The number of alkyl halides is 3. The molecule has 1 N–H and O–H groups in total. The second kappa shape index (κ2) is 8.05. The maximum Gasteiger partial charge on any atom is 0.416 e. The third kappa shape index (κ3) is 4.86. The molecule has 0 atom stereocenters. The standard InChI is InChI=1S/C19H17F3O4/c1-12-4-3-5-13(8-12)15(10-18(23)24)16-9-14(19(20,21)22)6-7-17(16)26-11-25-2/h3-10H,11H2,1-2H3,(H,23,24)/b15-10+. The fourth-order valence-corrected chi connectivity index (χ4v) is 2.42. The van der Waals surface area contributed by atoms with Crippen LogP contribution in [0.3, 0.4) is 0 Å². The van der Waals surface area contributed by atoms with Crippen LogP contribution in [0.25, 0.3) is 5.57 Å². The number of benzene rings is 2. The number of carboxylic acids is 1. The van der Waals surface area contributed by atoms with E-state index in [1.54, 1.807) is 31.2 Å². The Labute approximate surface area is 148 Å². The predicted octanol–water partition coefficient (Wildman–Crippen LogP) is 4.51. The van der Waals surface area contributed by atoms with Crippen molar-refractivity contribution in [1.82, 2.24) is 0 Å². The molecule has 0 heterocycles. The minimum absolute atomic E-state index is 0.0184. The van der Waals surface area contributed by atoms with Crippen LogP contribution < -0.4 is 4.74 Å². The normalized spacial score (nSPS) is 12.1. The molecule has 2 aromatic rings. The maximum absolute atomic E-state index is 13.1. The third-order valence-corrected chi connectivity index (χ3v) is 3.53. The fourth-order valence-electron chi connectivity index (χ4n) is 2.42. The number of ether oxygens (including phenoxy) is 2. The van der Waals surface area contributed by atoms with E-state index in [1.165, 1.54) is 7.11 Å². The maximum atomic E-state index is 13.1. The smallest absolute Gasteiger partial charge is 0.416 e. The number of aliphatic carboxylic acids is 1. The van der Waals surface area contributed by atoms with Crippen molar-refractivity contribution in [1.29, 1.82) is 0 Å². The number of carboxylic acid groups (broad SMARTS) is 1. The second-order valence-electron chi connectivity index (χ2n) is 5.53. The monoisotopic (exact) mass is 366 g/mol. The zero-order valence-corrected chi connectivity index (χ0v) is 14.1. The van der Waals surface area contributed by atoms with Gasteiger partial charge in [0.1, 0.15) is 5.75 Å². The summed E-state index contributed by atoms with van der Waals surface area (Å²) in [6, 6.07) is 9.73. The second-order valence-corrected chi connectivity index (χ2v) is 5.53. The molecule has 0 spiro atoms. The molecule has 0 aliphatic rings. The summed E-state index contributed by atoms with van der Waals surface area (Å²) in [5.41, 5.74) is 0.531. The van der Waals surface area contributed by atoms with Gasteiger partial charge in [-0.3, -0.25) is 0 Å². The highest BCUT2D eigenvalue weighted by molar-refractivity contribution is 5.96. The lowest BCUT2D eigenvalue weighted by Crippen LogP contribution is -2.08. The highest BCUT2D eigenvalue weighted by Gasteiger charge is 2.31. The van der Waals surface area contributed by atoms with E-state index in [4.69, 9.17) is 9.47 Å². The molecule has 0 saturated carbocycles. The Hall–Kier alpha value is -2.80. The summed E-state index contributed by atoms with van der Waals surface area (Å²) in [6.45, 7) is 1.61. The Kier molecular flexibility index (Phi) is 6.05. The van der Waals surface area contributed by atoms with Gasteiger partial charge in [-0.2, -0.15) is 13.2 Å². The van der Waals surface area contributed by atoms with Gasteiger partial charge in [0.05, 0.1) is 5.56 Å². The lowest BCUT2D eigenvalue weighted by atomic mass is 9.94. The van der Waals surface area contributed by atoms with Crippen LogP contribution in [0, 0.1) is 6.92 Å². The van der Waals surface area contributed by atoms with Gasteiger partial charge < -0.3 is 14.6 Å². The van der Waals surface area contributed by atoms with Gasteiger partial charge in [-0.25, -0.2) is 4.79 Å². The Balaban J connectivity index is 2.70. The molecule has 0 amide bonds. The van der Waals surface area contributed by atoms with Gasteiger partial charge in [0.2, 0.25) is 0 Å². The number of carbonyl (C=O) groups is 1. The van der Waals surface area contributed by atoms with E-state index < -0.39 is 17.7 Å². The van der Waals surface area contributed by atoms with Crippen LogP contribution in [0.5, 0.6) is 5.75 Å². The Morgan fingerprint density at radius 2 is 1.92 bits per heavy atom. The first-order chi connectivity index (χ1) is 12.2. The first kappa shape index (κ1) is 19.5. The van der Waals surface area contributed by atoms with E-state index in [0.29, 0.717) is 5.56 Å². The number of rotatable bonds is 6. The van der Waals surface area contributed by atoms with Crippen LogP contribution in [0.15, 0.2) is 48.5 Å². The SMILES string of the molecule is COCOc1ccc(C(F)(F)F)cc1/C(=C/C(=O)O)c1cccc(C)c1. The van der Waals surface area contributed by atoms with Crippen LogP contribution in [-0.2, 0) is 15.7 Å². The zero-order chi connectivity index (χ0) is 19.3. The Morgan fingerprint density at radius 3 is 2.50 bits per heavy atom. The largest absolute Gasteiger partial charge is 0.478 e. The lowest BCUT2D eigenvalue weighted by molar-refractivity contribution is -0.137. The first-order valence-electron chi connectivity index (χ1n) is 7.57. The third-order valence-electron chi connectivity index (χ3n) is 3.53. The molecule has 138 valence electrons. The van der Waals surface area contributed by atoms with E-state index in [0.717, 1.165) is 29.8 Å². The van der Waals surface area contributed by atoms with Crippen LogP contribution >= 0.6 is 0 Å². The average molecular weight is 366 g/mol. The molecule has 0 aliphatic heterocycles. The number of halogens is 3. The van der Waals surface area contributed by atoms with Crippen molar-refractivity contribution in [2.75, 3.05) is 13.9 Å². The first-order valence-corrected chi connectivity index (χ1v) is 7.57. The van der Waals surface area contributed by atoms with Gasteiger partial charge >= 0.3 is 12.1 Å². The summed E-state index contributed by atoms with van der Waals surface area (Å²) in [7, 11) is 1.37. The fraction of sp³-hybridized carbons (Fsp3) is 0.211. The summed E-state index contributed by atoms with van der Waals surface area (Å²) in [5, 5.41) is 9.21. The Bertz CT molecular complexity index is 826. The van der Waals surface area contributed by atoms with Gasteiger partial charge in [-0.15, -0.1) is 0 Å². The van der Waals surface area contributed by atoms with Crippen molar-refractivity contribution in [3.8, 4) is 5.75 Å². The van der Waals surface area contributed by atoms with Gasteiger partial charge in [0.25, 0.3) is 0 Å². The van der Waals surface area contributed by atoms with Gasteiger partial charge in [-0.05, 0) is 36.3 Å². The summed E-state index contributed by atoms with van der Waals surface area (Å²) in [5.74, 6) is -1.19. The van der Waals surface area contributed by atoms with Crippen LogP contribution in [0.4, 0.5) is 13.2 Å². The van der Waals surface area contributed by atoms with E-state index >= 15 is 0 Å². The number of hydrogen-bond donors (Lipinski definition) is 1. The van der Waals surface area contributed by atoms with Crippen molar-refractivity contribution in [3.63, 3.8) is 0 Å². The summed E-state index contributed by atoms with van der Waals surface area (Å²) in [6.07, 6.45) is -3.71. The molecule has 0 fully saturated rings. The molecule has 0 aromatic heterocycles. The number of methoxy groups -OCH3 is 1. The minimum Gasteiger partial charge on any atom is -0.478 e. The molecular weight excluding hydrogens is 349 g/mol. The molecule has 0 bridgehead atoms. The summed E-state index contributed by atoms with van der Waals surface area (Å²) >= 11 is 0. The van der Waals surface area contributed by atoms with Gasteiger partial charge in [-0.1, -0.05) is 29.8 Å².